The fourth-order valence-electron chi connectivity index (χ4n) is 2.93. The van der Waals surface area contributed by atoms with Crippen LogP contribution in [0.15, 0.2) is 12.2 Å². The van der Waals surface area contributed by atoms with Gasteiger partial charge in [-0.25, -0.2) is 0 Å². The summed E-state index contributed by atoms with van der Waals surface area (Å²) in [6.45, 7) is 3.77. The number of allylic oxidation sites excluding steroid dienone is 2. The van der Waals surface area contributed by atoms with Crippen molar-refractivity contribution in [2.45, 2.75) is 38.6 Å². The monoisotopic (exact) mass is 179 g/mol. The van der Waals surface area contributed by atoms with E-state index in [4.69, 9.17) is 0 Å². The molecule has 1 fully saturated rings. The maximum absolute atomic E-state index is 11.0. The Morgan fingerprint density at radius 3 is 2.38 bits per heavy atom. The molecule has 1 saturated carbocycles. The van der Waals surface area contributed by atoms with Crippen molar-refractivity contribution in [1.29, 1.82) is 0 Å². The highest BCUT2D eigenvalue weighted by Crippen LogP contribution is 2.41. The number of carbonyl (C=O) groups excluding carboxylic acids is 1. The van der Waals surface area contributed by atoms with Gasteiger partial charge in [0.15, 0.2) is 0 Å². The van der Waals surface area contributed by atoms with Crippen molar-refractivity contribution in [3.05, 3.63) is 12.2 Å². The minimum absolute atomic E-state index is 0.0446. The minimum atomic E-state index is 0.0446. The first-order chi connectivity index (χ1) is 6.07. The van der Waals surface area contributed by atoms with Gasteiger partial charge in [0.2, 0.25) is 5.91 Å². The third-order valence-electron chi connectivity index (χ3n) is 3.16. The summed E-state index contributed by atoms with van der Waals surface area (Å²) in [5.74, 6) is 1.51. The lowest BCUT2D eigenvalue weighted by atomic mass is 9.75. The van der Waals surface area contributed by atoms with Crippen LogP contribution in [-0.2, 0) is 4.79 Å². The van der Waals surface area contributed by atoms with E-state index in [1.54, 1.807) is 6.92 Å². The summed E-state index contributed by atoms with van der Waals surface area (Å²) in [7, 11) is 0. The Bertz CT molecular complexity index is 243. The maximum Gasteiger partial charge on any atom is 0.217 e. The quantitative estimate of drug-likeness (QED) is 0.612. The summed E-state index contributed by atoms with van der Waals surface area (Å²) in [4.78, 5) is 11.0. The van der Waals surface area contributed by atoms with Crippen molar-refractivity contribution >= 4 is 5.91 Å². The average Bonchev–Trinajstić information content (AvgIpc) is 2.27. The smallest absolute Gasteiger partial charge is 0.217 e. The van der Waals surface area contributed by atoms with Crippen LogP contribution >= 0.6 is 0 Å². The van der Waals surface area contributed by atoms with Crippen LogP contribution < -0.4 is 5.32 Å². The van der Waals surface area contributed by atoms with Crippen molar-refractivity contribution in [2.24, 2.45) is 11.8 Å². The summed E-state index contributed by atoms with van der Waals surface area (Å²) in [5.41, 5.74) is 0.0446. The molecule has 2 unspecified atom stereocenters. The van der Waals surface area contributed by atoms with Gasteiger partial charge in [-0.3, -0.25) is 4.79 Å². The standard InChI is InChI=1S/C11H17NO/c1-8(13)12-11(2)6-9-3-4-10(5-9)7-11/h3-4,9-10H,5-7H2,1-2H3,(H,12,13). The summed E-state index contributed by atoms with van der Waals surface area (Å²) >= 11 is 0. The van der Waals surface area contributed by atoms with E-state index in [2.05, 4.69) is 24.4 Å². The number of fused-ring (bicyclic) bond motifs is 2. The molecule has 2 bridgehead atoms. The summed E-state index contributed by atoms with van der Waals surface area (Å²) in [6.07, 6.45) is 8.16. The lowest BCUT2D eigenvalue weighted by Gasteiger charge is -2.38. The molecular formula is C11H17NO. The van der Waals surface area contributed by atoms with Gasteiger partial charge in [-0.05, 0) is 38.0 Å². The molecule has 0 saturated heterocycles. The minimum Gasteiger partial charge on any atom is -0.351 e. The number of hydrogen-bond donors (Lipinski definition) is 1. The van der Waals surface area contributed by atoms with Crippen LogP contribution in [0.1, 0.15) is 33.1 Å². The SMILES string of the molecule is CC(=O)NC1(C)CC2C=CC(C2)C1. The van der Waals surface area contributed by atoms with E-state index in [9.17, 15) is 4.79 Å². The molecular weight excluding hydrogens is 162 g/mol. The third kappa shape index (κ3) is 1.77. The van der Waals surface area contributed by atoms with Crippen LogP contribution in [0.25, 0.3) is 0 Å². The normalized spacial score (nSPS) is 42.0. The lowest BCUT2D eigenvalue weighted by molar-refractivity contribution is -0.121. The van der Waals surface area contributed by atoms with Gasteiger partial charge in [0.05, 0.1) is 0 Å². The molecule has 72 valence electrons. The zero-order chi connectivity index (χ0) is 9.47. The summed E-state index contributed by atoms with van der Waals surface area (Å²) in [6, 6.07) is 0. The molecule has 0 heterocycles. The van der Waals surface area contributed by atoms with E-state index in [1.165, 1.54) is 6.42 Å². The van der Waals surface area contributed by atoms with Gasteiger partial charge in [-0.15, -0.1) is 0 Å². The van der Waals surface area contributed by atoms with Gasteiger partial charge in [0.25, 0.3) is 0 Å². The zero-order valence-electron chi connectivity index (χ0n) is 8.34. The molecule has 1 N–H and O–H groups in total. The third-order valence-corrected chi connectivity index (χ3v) is 3.16. The van der Waals surface area contributed by atoms with Gasteiger partial charge in [0, 0.05) is 12.5 Å². The highest BCUT2D eigenvalue weighted by Gasteiger charge is 2.38. The molecule has 0 spiro atoms. The molecule has 13 heavy (non-hydrogen) atoms. The second-order valence-electron chi connectivity index (χ2n) is 4.79. The average molecular weight is 179 g/mol. The number of hydrogen-bond acceptors (Lipinski definition) is 1. The second kappa shape index (κ2) is 2.86. The van der Waals surface area contributed by atoms with Gasteiger partial charge in [-0.1, -0.05) is 12.2 Å². The molecule has 2 nitrogen and oxygen atoms in total. The first-order valence-electron chi connectivity index (χ1n) is 5.04. The highest BCUT2D eigenvalue weighted by atomic mass is 16.1. The molecule has 0 aliphatic heterocycles. The van der Waals surface area contributed by atoms with Crippen molar-refractivity contribution in [3.8, 4) is 0 Å². The number of nitrogens with one attached hydrogen (secondary N) is 1. The van der Waals surface area contributed by atoms with E-state index in [0.29, 0.717) is 11.8 Å². The number of rotatable bonds is 1. The Balaban J connectivity index is 2.05. The molecule has 2 heteroatoms. The fraction of sp³-hybridized carbons (Fsp3) is 0.727. The van der Waals surface area contributed by atoms with Crippen LogP contribution in [0, 0.1) is 11.8 Å². The first kappa shape index (κ1) is 8.79. The molecule has 2 atom stereocenters. The predicted molar refractivity (Wildman–Crippen MR) is 52.2 cm³/mol. The largest absolute Gasteiger partial charge is 0.351 e. The first-order valence-corrected chi connectivity index (χ1v) is 5.04. The molecule has 0 radical (unpaired) electrons. The number of amides is 1. The lowest BCUT2D eigenvalue weighted by Crippen LogP contribution is -2.48. The molecule has 0 aromatic heterocycles. The van der Waals surface area contributed by atoms with Gasteiger partial charge in [-0.2, -0.15) is 0 Å². The Kier molecular flexibility index (Phi) is 1.94. The van der Waals surface area contributed by atoms with Crippen LogP contribution in [0.4, 0.5) is 0 Å². The number of carbonyl (C=O) groups is 1. The molecule has 0 aromatic rings. The van der Waals surface area contributed by atoms with Crippen LogP contribution in [0.3, 0.4) is 0 Å². The molecule has 1 amide bonds. The van der Waals surface area contributed by atoms with E-state index in [0.717, 1.165) is 12.8 Å². The van der Waals surface area contributed by atoms with E-state index in [1.807, 2.05) is 0 Å². The predicted octanol–water partition coefficient (Wildman–Crippen LogP) is 1.87. The highest BCUT2D eigenvalue weighted by molar-refractivity contribution is 5.73. The van der Waals surface area contributed by atoms with Crippen molar-refractivity contribution < 1.29 is 4.79 Å². The van der Waals surface area contributed by atoms with Gasteiger partial charge >= 0.3 is 0 Å². The molecule has 0 aromatic carbocycles. The summed E-state index contributed by atoms with van der Waals surface area (Å²) in [5, 5.41) is 3.08. The van der Waals surface area contributed by atoms with Crippen molar-refractivity contribution in [1.82, 2.24) is 5.32 Å². The van der Waals surface area contributed by atoms with E-state index < -0.39 is 0 Å². The van der Waals surface area contributed by atoms with Crippen molar-refractivity contribution in [3.63, 3.8) is 0 Å². The second-order valence-corrected chi connectivity index (χ2v) is 4.79. The fourth-order valence-corrected chi connectivity index (χ4v) is 2.93. The van der Waals surface area contributed by atoms with E-state index >= 15 is 0 Å². The summed E-state index contributed by atoms with van der Waals surface area (Å²) < 4.78 is 0. The Labute approximate surface area is 79.4 Å². The maximum atomic E-state index is 11.0. The van der Waals surface area contributed by atoms with Crippen LogP contribution in [-0.4, -0.2) is 11.4 Å². The van der Waals surface area contributed by atoms with Crippen LogP contribution in [0.5, 0.6) is 0 Å². The molecule has 2 aliphatic carbocycles. The Morgan fingerprint density at radius 2 is 1.92 bits per heavy atom. The molecule has 2 aliphatic rings. The zero-order valence-corrected chi connectivity index (χ0v) is 8.34. The topological polar surface area (TPSA) is 29.1 Å². The van der Waals surface area contributed by atoms with Gasteiger partial charge < -0.3 is 5.32 Å². The van der Waals surface area contributed by atoms with Gasteiger partial charge in [0.1, 0.15) is 0 Å². The molecule has 2 rings (SSSR count). The van der Waals surface area contributed by atoms with Crippen molar-refractivity contribution in [2.75, 3.05) is 0 Å². The Morgan fingerprint density at radius 1 is 1.38 bits per heavy atom. The Hall–Kier alpha value is -0.790. The van der Waals surface area contributed by atoms with E-state index in [-0.39, 0.29) is 11.4 Å². The van der Waals surface area contributed by atoms with Crippen LogP contribution in [0.2, 0.25) is 0 Å².